The van der Waals surface area contributed by atoms with Gasteiger partial charge in [-0.25, -0.2) is 4.79 Å². The van der Waals surface area contributed by atoms with Gasteiger partial charge in [0.2, 0.25) is 0 Å². The number of urea groups is 1. The molecule has 1 atom stereocenters. The summed E-state index contributed by atoms with van der Waals surface area (Å²) in [5, 5.41) is 8.96. The van der Waals surface area contributed by atoms with Gasteiger partial charge in [0.05, 0.1) is 24.7 Å². The van der Waals surface area contributed by atoms with Crippen LogP contribution >= 0.6 is 0 Å². The van der Waals surface area contributed by atoms with Gasteiger partial charge in [-0.1, -0.05) is 24.3 Å². The SMILES string of the molecule is CC1(C)COC(CC(=O)O)CN1C(=O)N1Cc2ccccc2C1. The summed E-state index contributed by atoms with van der Waals surface area (Å²) in [5.74, 6) is -0.907. The third kappa shape index (κ3) is 3.17. The predicted molar refractivity (Wildman–Crippen MR) is 83.9 cm³/mol. The lowest BCUT2D eigenvalue weighted by atomic mass is 10.0. The Balaban J connectivity index is 1.73. The van der Waals surface area contributed by atoms with Crippen LogP contribution in [0.2, 0.25) is 0 Å². The van der Waals surface area contributed by atoms with Gasteiger partial charge in [-0.3, -0.25) is 4.79 Å². The minimum atomic E-state index is -0.907. The molecule has 0 bridgehead atoms. The number of carboxylic acid groups (broad SMARTS) is 1. The first kappa shape index (κ1) is 15.8. The van der Waals surface area contributed by atoms with E-state index >= 15 is 0 Å². The molecule has 23 heavy (non-hydrogen) atoms. The van der Waals surface area contributed by atoms with Crippen LogP contribution in [0.1, 0.15) is 31.4 Å². The highest BCUT2D eigenvalue weighted by molar-refractivity contribution is 5.76. The summed E-state index contributed by atoms with van der Waals surface area (Å²) in [5.41, 5.74) is 1.91. The lowest BCUT2D eigenvalue weighted by molar-refractivity contribution is -0.145. The molecule has 2 heterocycles. The second-order valence-corrected chi connectivity index (χ2v) is 6.86. The van der Waals surface area contributed by atoms with Gasteiger partial charge in [0.15, 0.2) is 0 Å². The van der Waals surface area contributed by atoms with E-state index in [0.29, 0.717) is 26.2 Å². The highest BCUT2D eigenvalue weighted by atomic mass is 16.5. The van der Waals surface area contributed by atoms with Crippen LogP contribution in [0.4, 0.5) is 4.79 Å². The first-order valence-electron chi connectivity index (χ1n) is 7.83. The van der Waals surface area contributed by atoms with E-state index in [0.717, 1.165) is 0 Å². The molecular formula is C17H22N2O4. The van der Waals surface area contributed by atoms with Gasteiger partial charge in [0, 0.05) is 19.6 Å². The normalized spacial score (nSPS) is 22.8. The van der Waals surface area contributed by atoms with Crippen molar-refractivity contribution in [1.29, 1.82) is 0 Å². The molecule has 1 fully saturated rings. The van der Waals surface area contributed by atoms with Gasteiger partial charge >= 0.3 is 12.0 Å². The number of carbonyl (C=O) groups is 2. The van der Waals surface area contributed by atoms with Crippen LogP contribution < -0.4 is 0 Å². The summed E-state index contributed by atoms with van der Waals surface area (Å²) < 4.78 is 5.62. The van der Waals surface area contributed by atoms with Crippen molar-refractivity contribution >= 4 is 12.0 Å². The molecular weight excluding hydrogens is 296 g/mol. The molecule has 0 radical (unpaired) electrons. The molecule has 6 nitrogen and oxygen atoms in total. The number of amides is 2. The van der Waals surface area contributed by atoms with Crippen molar-refractivity contribution in [2.24, 2.45) is 0 Å². The number of rotatable bonds is 2. The summed E-state index contributed by atoms with van der Waals surface area (Å²) in [4.78, 5) is 27.5. The van der Waals surface area contributed by atoms with E-state index in [1.165, 1.54) is 11.1 Å². The van der Waals surface area contributed by atoms with Gasteiger partial charge < -0.3 is 19.6 Å². The summed E-state index contributed by atoms with van der Waals surface area (Å²) >= 11 is 0. The van der Waals surface area contributed by atoms with Crippen molar-refractivity contribution in [3.05, 3.63) is 35.4 Å². The minimum Gasteiger partial charge on any atom is -0.481 e. The highest BCUT2D eigenvalue weighted by Gasteiger charge is 2.41. The van der Waals surface area contributed by atoms with Crippen molar-refractivity contribution in [1.82, 2.24) is 9.80 Å². The Hall–Kier alpha value is -2.08. The lowest BCUT2D eigenvalue weighted by Gasteiger charge is -2.46. The Morgan fingerprint density at radius 3 is 2.43 bits per heavy atom. The third-order valence-corrected chi connectivity index (χ3v) is 4.53. The maximum atomic E-state index is 13.0. The predicted octanol–water partition coefficient (Wildman–Crippen LogP) is 2.08. The molecule has 6 heteroatoms. The van der Waals surface area contributed by atoms with Crippen molar-refractivity contribution in [3.8, 4) is 0 Å². The van der Waals surface area contributed by atoms with Gasteiger partial charge in [-0.05, 0) is 25.0 Å². The van der Waals surface area contributed by atoms with E-state index in [4.69, 9.17) is 9.84 Å². The quantitative estimate of drug-likeness (QED) is 0.906. The van der Waals surface area contributed by atoms with Crippen molar-refractivity contribution < 1.29 is 19.4 Å². The Kier molecular flexibility index (Phi) is 4.02. The number of fused-ring (bicyclic) bond motifs is 1. The summed E-state index contributed by atoms with van der Waals surface area (Å²) in [7, 11) is 0. The Morgan fingerprint density at radius 2 is 1.87 bits per heavy atom. The maximum Gasteiger partial charge on any atom is 0.321 e. The average molecular weight is 318 g/mol. The Bertz CT molecular complexity index is 604. The fourth-order valence-corrected chi connectivity index (χ4v) is 3.20. The largest absolute Gasteiger partial charge is 0.481 e. The monoisotopic (exact) mass is 318 g/mol. The number of hydrogen-bond donors (Lipinski definition) is 1. The summed E-state index contributed by atoms with van der Waals surface area (Å²) in [6, 6.07) is 7.99. The number of aliphatic carboxylic acids is 1. The molecule has 0 saturated carbocycles. The second kappa shape index (κ2) is 5.85. The average Bonchev–Trinajstić information content (AvgIpc) is 2.92. The number of carboxylic acids is 1. The molecule has 1 saturated heterocycles. The number of benzene rings is 1. The Morgan fingerprint density at radius 1 is 1.26 bits per heavy atom. The maximum absolute atomic E-state index is 13.0. The molecule has 0 spiro atoms. The first-order chi connectivity index (χ1) is 10.9. The molecule has 2 amide bonds. The molecule has 124 valence electrons. The van der Waals surface area contributed by atoms with Crippen LogP contribution in [-0.2, 0) is 22.6 Å². The summed E-state index contributed by atoms with van der Waals surface area (Å²) in [6.45, 7) is 5.76. The zero-order valence-electron chi connectivity index (χ0n) is 13.5. The number of carbonyl (C=O) groups excluding carboxylic acids is 1. The van der Waals surface area contributed by atoms with E-state index in [9.17, 15) is 9.59 Å². The molecule has 0 aromatic heterocycles. The summed E-state index contributed by atoms with van der Waals surface area (Å²) in [6.07, 6.45) is -0.533. The zero-order valence-corrected chi connectivity index (χ0v) is 13.5. The van der Waals surface area contributed by atoms with Crippen LogP contribution in [0.15, 0.2) is 24.3 Å². The van der Waals surface area contributed by atoms with E-state index in [1.807, 2.05) is 43.0 Å². The van der Waals surface area contributed by atoms with Crippen LogP contribution in [0.5, 0.6) is 0 Å². The number of hydrogen-bond acceptors (Lipinski definition) is 3. The molecule has 2 aliphatic heterocycles. The first-order valence-corrected chi connectivity index (χ1v) is 7.83. The van der Waals surface area contributed by atoms with Gasteiger partial charge in [0.25, 0.3) is 0 Å². The van der Waals surface area contributed by atoms with E-state index in [1.54, 1.807) is 4.90 Å². The molecule has 2 aliphatic rings. The Labute approximate surface area is 135 Å². The fourth-order valence-electron chi connectivity index (χ4n) is 3.20. The lowest BCUT2D eigenvalue weighted by Crippen LogP contribution is -2.61. The van der Waals surface area contributed by atoms with Crippen LogP contribution in [0, 0.1) is 0 Å². The van der Waals surface area contributed by atoms with Gasteiger partial charge in [0.1, 0.15) is 0 Å². The number of ether oxygens (including phenoxy) is 1. The minimum absolute atomic E-state index is 0.0510. The standard InChI is InChI=1S/C17H22N2O4/c1-17(2)11-23-14(7-15(20)21)10-19(17)16(22)18-8-12-5-3-4-6-13(12)9-18/h3-6,14H,7-11H2,1-2H3,(H,20,21). The number of nitrogens with zero attached hydrogens (tertiary/aromatic N) is 2. The van der Waals surface area contributed by atoms with Crippen molar-refractivity contribution in [3.63, 3.8) is 0 Å². The second-order valence-electron chi connectivity index (χ2n) is 6.86. The van der Waals surface area contributed by atoms with Gasteiger partial charge in [-0.2, -0.15) is 0 Å². The van der Waals surface area contributed by atoms with Crippen molar-refractivity contribution in [2.75, 3.05) is 13.2 Å². The van der Waals surface area contributed by atoms with Crippen LogP contribution in [0.3, 0.4) is 0 Å². The third-order valence-electron chi connectivity index (χ3n) is 4.53. The molecule has 1 aromatic carbocycles. The van der Waals surface area contributed by atoms with Gasteiger partial charge in [-0.15, -0.1) is 0 Å². The van der Waals surface area contributed by atoms with E-state index in [2.05, 4.69) is 0 Å². The van der Waals surface area contributed by atoms with Crippen molar-refractivity contribution in [2.45, 2.75) is 45.0 Å². The molecule has 1 N–H and O–H groups in total. The topological polar surface area (TPSA) is 70.1 Å². The van der Waals surface area contributed by atoms with E-state index < -0.39 is 17.6 Å². The van der Waals surface area contributed by atoms with Crippen LogP contribution in [0.25, 0.3) is 0 Å². The van der Waals surface area contributed by atoms with E-state index in [-0.39, 0.29) is 12.5 Å². The highest BCUT2D eigenvalue weighted by Crippen LogP contribution is 2.29. The molecule has 1 aromatic rings. The molecule has 3 rings (SSSR count). The number of morpholine rings is 1. The molecule has 1 unspecified atom stereocenters. The zero-order chi connectivity index (χ0) is 16.6. The molecule has 0 aliphatic carbocycles. The smallest absolute Gasteiger partial charge is 0.321 e. The van der Waals surface area contributed by atoms with Crippen LogP contribution in [-0.4, -0.2) is 51.7 Å². The fraction of sp³-hybridized carbons (Fsp3) is 0.529.